The third-order valence-corrected chi connectivity index (χ3v) is 3.60. The van der Waals surface area contributed by atoms with Gasteiger partial charge in [-0.05, 0) is 34.5 Å². The summed E-state index contributed by atoms with van der Waals surface area (Å²) in [5.74, 6) is 0. The second kappa shape index (κ2) is 2.71. The van der Waals surface area contributed by atoms with Gasteiger partial charge in [-0.15, -0.1) is 11.3 Å². The first-order valence-electron chi connectivity index (χ1n) is 3.48. The van der Waals surface area contributed by atoms with Crippen LogP contribution in [0.2, 0.25) is 0 Å². The zero-order valence-corrected chi connectivity index (χ0v) is 8.87. The third-order valence-electron chi connectivity index (χ3n) is 1.85. The molecule has 0 aliphatic carbocycles. The molecule has 1 heterocycles. The van der Waals surface area contributed by atoms with Crippen molar-refractivity contribution in [3.8, 4) is 0 Å². The number of halogens is 1. The van der Waals surface area contributed by atoms with Crippen LogP contribution in [0.4, 0.5) is 5.69 Å². The number of nitrogens with two attached hydrogens (primary N) is 1. The molecule has 2 aromatic rings. The molecule has 0 aliphatic heterocycles. The summed E-state index contributed by atoms with van der Waals surface area (Å²) < 4.78 is 2.20. The molecule has 0 aliphatic rings. The normalized spacial score (nSPS) is 10.8. The van der Waals surface area contributed by atoms with E-state index in [1.54, 1.807) is 11.3 Å². The maximum absolute atomic E-state index is 5.78. The summed E-state index contributed by atoms with van der Waals surface area (Å²) in [6.45, 7) is 1.99. The minimum Gasteiger partial charge on any atom is -0.398 e. The highest BCUT2D eigenvalue weighted by molar-refractivity contribution is 9.10. The molecule has 0 amide bonds. The van der Waals surface area contributed by atoms with Crippen LogP contribution < -0.4 is 5.73 Å². The molecule has 0 saturated carbocycles. The van der Waals surface area contributed by atoms with Gasteiger partial charge in [0, 0.05) is 10.2 Å². The molecule has 62 valence electrons. The van der Waals surface area contributed by atoms with E-state index in [0.717, 1.165) is 21.2 Å². The Labute approximate surface area is 82.5 Å². The Morgan fingerprint density at radius 2 is 2.33 bits per heavy atom. The van der Waals surface area contributed by atoms with Crippen LogP contribution in [0.15, 0.2) is 16.0 Å². The Bertz CT molecular complexity index is 436. The number of thiazole rings is 1. The van der Waals surface area contributed by atoms with Gasteiger partial charge in [-0.25, -0.2) is 4.98 Å². The van der Waals surface area contributed by atoms with Gasteiger partial charge >= 0.3 is 0 Å². The van der Waals surface area contributed by atoms with Crippen molar-refractivity contribution in [1.29, 1.82) is 0 Å². The summed E-state index contributed by atoms with van der Waals surface area (Å²) in [5, 5.41) is 0. The fraction of sp³-hybridized carbons (Fsp3) is 0.125. The molecule has 0 spiro atoms. The quantitative estimate of drug-likeness (QED) is 0.722. The number of hydrogen-bond donors (Lipinski definition) is 1. The maximum atomic E-state index is 5.78. The minimum atomic E-state index is 0.792. The van der Waals surface area contributed by atoms with Crippen molar-refractivity contribution in [2.24, 2.45) is 0 Å². The van der Waals surface area contributed by atoms with Crippen molar-refractivity contribution in [1.82, 2.24) is 4.98 Å². The molecule has 0 fully saturated rings. The van der Waals surface area contributed by atoms with E-state index in [4.69, 9.17) is 5.73 Å². The maximum Gasteiger partial charge on any atom is 0.0873 e. The molecule has 4 heteroatoms. The molecule has 0 saturated heterocycles. The highest BCUT2D eigenvalue weighted by Crippen LogP contribution is 2.32. The van der Waals surface area contributed by atoms with Gasteiger partial charge in [-0.1, -0.05) is 0 Å². The number of aromatic nitrogens is 1. The molecule has 0 atom stereocenters. The topological polar surface area (TPSA) is 38.9 Å². The Hall–Kier alpha value is -0.610. The van der Waals surface area contributed by atoms with Gasteiger partial charge in [0.1, 0.15) is 0 Å². The fourth-order valence-corrected chi connectivity index (χ4v) is 2.60. The van der Waals surface area contributed by atoms with Crippen LogP contribution in [0, 0.1) is 6.92 Å². The van der Waals surface area contributed by atoms with E-state index in [2.05, 4.69) is 20.9 Å². The molecular formula is C8H7BrN2S. The van der Waals surface area contributed by atoms with E-state index in [9.17, 15) is 0 Å². The molecular weight excluding hydrogens is 236 g/mol. The average molecular weight is 243 g/mol. The first-order chi connectivity index (χ1) is 5.70. The van der Waals surface area contributed by atoms with E-state index in [1.807, 2.05) is 18.5 Å². The number of rotatable bonds is 0. The molecule has 1 aromatic carbocycles. The standard InChI is InChI=1S/C8H7BrN2S/c1-4-6(10)2-5(9)8-7(4)11-3-12-8/h2-3H,10H2,1H3. The Kier molecular flexibility index (Phi) is 1.81. The van der Waals surface area contributed by atoms with E-state index in [-0.39, 0.29) is 0 Å². The SMILES string of the molecule is Cc1c(N)cc(Br)c2scnc12. The lowest BCUT2D eigenvalue weighted by Crippen LogP contribution is -1.90. The molecule has 0 radical (unpaired) electrons. The van der Waals surface area contributed by atoms with Gasteiger partial charge < -0.3 is 5.73 Å². The zero-order chi connectivity index (χ0) is 8.72. The van der Waals surface area contributed by atoms with Crippen molar-refractivity contribution in [2.45, 2.75) is 6.92 Å². The molecule has 2 nitrogen and oxygen atoms in total. The second-order valence-corrected chi connectivity index (χ2v) is 4.31. The highest BCUT2D eigenvalue weighted by atomic mass is 79.9. The van der Waals surface area contributed by atoms with Gasteiger partial charge in [0.05, 0.1) is 15.7 Å². The number of anilines is 1. The van der Waals surface area contributed by atoms with Crippen LogP contribution in [0.1, 0.15) is 5.56 Å². The molecule has 2 N–H and O–H groups in total. The van der Waals surface area contributed by atoms with E-state index < -0.39 is 0 Å². The van der Waals surface area contributed by atoms with E-state index in [0.29, 0.717) is 0 Å². The number of nitrogen functional groups attached to an aromatic ring is 1. The highest BCUT2D eigenvalue weighted by Gasteiger charge is 2.07. The van der Waals surface area contributed by atoms with Crippen molar-refractivity contribution < 1.29 is 0 Å². The number of benzene rings is 1. The lowest BCUT2D eigenvalue weighted by molar-refractivity contribution is 1.42. The lowest BCUT2D eigenvalue weighted by Gasteiger charge is -2.01. The summed E-state index contributed by atoms with van der Waals surface area (Å²) >= 11 is 5.07. The average Bonchev–Trinajstić information content (AvgIpc) is 2.48. The predicted octanol–water partition coefficient (Wildman–Crippen LogP) is 2.95. The Morgan fingerprint density at radius 3 is 3.08 bits per heavy atom. The van der Waals surface area contributed by atoms with Crippen LogP contribution in [-0.4, -0.2) is 4.98 Å². The second-order valence-electron chi connectivity index (χ2n) is 2.60. The van der Waals surface area contributed by atoms with Crippen LogP contribution in [0.25, 0.3) is 10.2 Å². The monoisotopic (exact) mass is 242 g/mol. The van der Waals surface area contributed by atoms with Crippen LogP contribution in [0.3, 0.4) is 0 Å². The molecule has 0 unspecified atom stereocenters. The zero-order valence-electron chi connectivity index (χ0n) is 6.47. The van der Waals surface area contributed by atoms with Gasteiger partial charge in [0.2, 0.25) is 0 Å². The van der Waals surface area contributed by atoms with E-state index >= 15 is 0 Å². The molecule has 1 aromatic heterocycles. The predicted molar refractivity (Wildman–Crippen MR) is 56.5 cm³/mol. The molecule has 0 bridgehead atoms. The van der Waals surface area contributed by atoms with E-state index in [1.165, 1.54) is 4.70 Å². The van der Waals surface area contributed by atoms with Crippen molar-refractivity contribution in [2.75, 3.05) is 5.73 Å². The number of aryl methyl sites for hydroxylation is 1. The van der Waals surface area contributed by atoms with Crippen LogP contribution in [0.5, 0.6) is 0 Å². The fourth-order valence-electron chi connectivity index (χ4n) is 1.13. The largest absolute Gasteiger partial charge is 0.398 e. The lowest BCUT2D eigenvalue weighted by atomic mass is 10.2. The van der Waals surface area contributed by atoms with Crippen LogP contribution in [-0.2, 0) is 0 Å². The summed E-state index contributed by atoms with van der Waals surface area (Å²) in [7, 11) is 0. The summed E-state index contributed by atoms with van der Waals surface area (Å²) in [5.41, 5.74) is 10.5. The van der Waals surface area contributed by atoms with Crippen molar-refractivity contribution in [3.63, 3.8) is 0 Å². The first kappa shape index (κ1) is 8.01. The summed E-state index contributed by atoms with van der Waals surface area (Å²) in [4.78, 5) is 4.25. The Balaban J connectivity index is 2.97. The summed E-state index contributed by atoms with van der Waals surface area (Å²) in [6, 6.07) is 1.93. The van der Waals surface area contributed by atoms with Gasteiger partial charge in [-0.2, -0.15) is 0 Å². The first-order valence-corrected chi connectivity index (χ1v) is 5.15. The number of hydrogen-bond acceptors (Lipinski definition) is 3. The van der Waals surface area contributed by atoms with Gasteiger partial charge in [0.15, 0.2) is 0 Å². The van der Waals surface area contributed by atoms with Crippen LogP contribution >= 0.6 is 27.3 Å². The molecule has 2 rings (SSSR count). The van der Waals surface area contributed by atoms with Crippen molar-refractivity contribution >= 4 is 43.2 Å². The minimum absolute atomic E-state index is 0.792. The number of fused-ring (bicyclic) bond motifs is 1. The number of nitrogens with zero attached hydrogens (tertiary/aromatic N) is 1. The van der Waals surface area contributed by atoms with Crippen molar-refractivity contribution in [3.05, 3.63) is 21.6 Å². The van der Waals surface area contributed by atoms with Gasteiger partial charge in [0.25, 0.3) is 0 Å². The summed E-state index contributed by atoms with van der Waals surface area (Å²) in [6.07, 6.45) is 0. The molecule has 12 heavy (non-hydrogen) atoms. The smallest absolute Gasteiger partial charge is 0.0873 e. The third kappa shape index (κ3) is 1.03. The Morgan fingerprint density at radius 1 is 1.58 bits per heavy atom. The van der Waals surface area contributed by atoms with Gasteiger partial charge in [-0.3, -0.25) is 0 Å².